The normalized spacial score (nSPS) is 18.4. The van der Waals surface area contributed by atoms with Crippen LogP contribution in [-0.2, 0) is 6.54 Å². The summed E-state index contributed by atoms with van der Waals surface area (Å²) in [6, 6.07) is 14.7. The third-order valence-corrected chi connectivity index (χ3v) is 6.25. The van der Waals surface area contributed by atoms with Gasteiger partial charge in [-0.15, -0.1) is 0 Å². The topological polar surface area (TPSA) is 66.9 Å². The van der Waals surface area contributed by atoms with Crippen LogP contribution in [0.2, 0.25) is 5.02 Å². The number of amides is 1. The third-order valence-electron chi connectivity index (χ3n) is 5.95. The van der Waals surface area contributed by atoms with Crippen molar-refractivity contribution in [2.75, 3.05) is 26.2 Å². The summed E-state index contributed by atoms with van der Waals surface area (Å²) in [5, 5.41) is 5.05. The smallest absolute Gasteiger partial charge is 0.267 e. The lowest BCUT2D eigenvalue weighted by molar-refractivity contribution is 0.0994. The minimum absolute atomic E-state index is 0.286. The molecule has 29 heavy (non-hydrogen) atoms. The number of carbonyl (C=O) groups is 1. The van der Waals surface area contributed by atoms with E-state index in [0.717, 1.165) is 36.9 Å². The van der Waals surface area contributed by atoms with E-state index in [0.29, 0.717) is 10.5 Å². The molecule has 2 N–H and O–H groups in total. The van der Waals surface area contributed by atoms with Gasteiger partial charge in [0.25, 0.3) is 5.91 Å². The Balaban J connectivity index is 1.31. The maximum absolute atomic E-state index is 11.7. The van der Waals surface area contributed by atoms with Gasteiger partial charge in [0, 0.05) is 44.3 Å². The highest BCUT2D eigenvalue weighted by Gasteiger charge is 2.31. The van der Waals surface area contributed by atoms with Crippen LogP contribution >= 0.6 is 11.6 Å². The molecule has 2 fully saturated rings. The lowest BCUT2D eigenvalue weighted by Gasteiger charge is -2.34. The predicted molar refractivity (Wildman–Crippen MR) is 114 cm³/mol. The number of carbonyl (C=O) groups excluding carboxylic acids is 1. The summed E-state index contributed by atoms with van der Waals surface area (Å²) in [4.78, 5) is 16.8. The van der Waals surface area contributed by atoms with Crippen LogP contribution in [0.4, 0.5) is 0 Å². The summed E-state index contributed by atoms with van der Waals surface area (Å²) >= 11 is 6.19. The molecular weight excluding hydrogens is 386 g/mol. The second-order valence-electron chi connectivity index (χ2n) is 8.00. The van der Waals surface area contributed by atoms with Gasteiger partial charge in [0.05, 0.1) is 16.2 Å². The average molecular weight is 410 g/mol. The Kier molecular flexibility index (Phi) is 4.78. The van der Waals surface area contributed by atoms with E-state index in [9.17, 15) is 4.79 Å². The highest BCUT2D eigenvalue weighted by Crippen LogP contribution is 2.28. The van der Waals surface area contributed by atoms with Crippen molar-refractivity contribution in [2.45, 2.75) is 25.4 Å². The van der Waals surface area contributed by atoms with E-state index in [1.807, 2.05) is 12.1 Å². The van der Waals surface area contributed by atoms with E-state index in [4.69, 9.17) is 17.3 Å². The number of nitrogens with zero attached hydrogens (tertiary/aromatic N) is 4. The zero-order valence-electron chi connectivity index (χ0n) is 16.2. The van der Waals surface area contributed by atoms with E-state index in [1.165, 1.54) is 36.0 Å². The molecule has 0 unspecified atom stereocenters. The largest absolute Gasteiger partial charge is 0.364 e. The highest BCUT2D eigenvalue weighted by atomic mass is 35.5. The van der Waals surface area contributed by atoms with Gasteiger partial charge in [-0.05, 0) is 36.6 Å². The molecule has 1 saturated carbocycles. The minimum Gasteiger partial charge on any atom is -0.364 e. The van der Waals surface area contributed by atoms with Crippen LogP contribution in [0, 0.1) is 0 Å². The first kappa shape index (κ1) is 18.6. The van der Waals surface area contributed by atoms with Gasteiger partial charge in [0.15, 0.2) is 0 Å². The molecule has 0 radical (unpaired) electrons. The maximum atomic E-state index is 11.7. The van der Waals surface area contributed by atoms with Crippen LogP contribution in [0.25, 0.3) is 16.8 Å². The summed E-state index contributed by atoms with van der Waals surface area (Å²) in [5.41, 5.74) is 9.48. The predicted octanol–water partition coefficient (Wildman–Crippen LogP) is 3.03. The highest BCUT2D eigenvalue weighted by molar-refractivity contribution is 6.34. The van der Waals surface area contributed by atoms with E-state index >= 15 is 0 Å². The second-order valence-corrected chi connectivity index (χ2v) is 8.40. The van der Waals surface area contributed by atoms with Crippen molar-refractivity contribution in [3.8, 4) is 11.3 Å². The maximum Gasteiger partial charge on any atom is 0.267 e. The first-order valence-electron chi connectivity index (χ1n) is 10.1. The molecule has 150 valence electrons. The fraction of sp³-hybridized carbons (Fsp3) is 0.364. The van der Waals surface area contributed by atoms with Crippen LogP contribution in [0.15, 0.2) is 42.5 Å². The molecular formula is C22H24ClN5O. The van der Waals surface area contributed by atoms with Crippen molar-refractivity contribution >= 4 is 23.0 Å². The Bertz CT molecular complexity index is 1050. The number of benzene rings is 1. The molecule has 3 heterocycles. The number of fused-ring (bicyclic) bond motifs is 1. The van der Waals surface area contributed by atoms with Crippen LogP contribution in [-0.4, -0.2) is 57.5 Å². The lowest BCUT2D eigenvalue weighted by atomic mass is 10.1. The SMILES string of the molecule is NC(=O)c1cc(Cl)c2ccc(-c3ccc(CN4CCN(C5CC5)CC4)cc3)nn12. The van der Waals surface area contributed by atoms with Gasteiger partial charge in [-0.2, -0.15) is 5.10 Å². The molecule has 2 aromatic heterocycles. The summed E-state index contributed by atoms with van der Waals surface area (Å²) < 4.78 is 1.52. The Morgan fingerprint density at radius 2 is 1.79 bits per heavy atom. The quantitative estimate of drug-likeness (QED) is 0.703. The number of primary amides is 1. The van der Waals surface area contributed by atoms with Gasteiger partial charge in [-0.3, -0.25) is 14.6 Å². The number of piperazine rings is 1. The molecule has 6 nitrogen and oxygen atoms in total. The Hall–Kier alpha value is -2.41. The van der Waals surface area contributed by atoms with Crippen LogP contribution < -0.4 is 5.73 Å². The molecule has 2 aliphatic rings. The van der Waals surface area contributed by atoms with Crippen molar-refractivity contribution in [1.29, 1.82) is 0 Å². The molecule has 5 rings (SSSR count). The van der Waals surface area contributed by atoms with Gasteiger partial charge in [0.2, 0.25) is 0 Å². The summed E-state index contributed by atoms with van der Waals surface area (Å²) in [6.45, 7) is 5.63. The lowest BCUT2D eigenvalue weighted by Crippen LogP contribution is -2.46. The number of nitrogens with two attached hydrogens (primary N) is 1. The standard InChI is InChI=1S/C22H24ClN5O/c23-18-13-21(22(24)29)28-20(18)8-7-19(25-28)16-3-1-15(2-4-16)14-26-9-11-27(12-10-26)17-5-6-17/h1-4,7-8,13,17H,5-6,9-12,14H2,(H2,24,29). The Labute approximate surface area is 174 Å². The third kappa shape index (κ3) is 3.75. The molecule has 3 aromatic rings. The number of hydrogen-bond donors (Lipinski definition) is 1. The number of halogens is 1. The molecule has 1 aliphatic carbocycles. The molecule has 0 bridgehead atoms. The van der Waals surface area contributed by atoms with E-state index in [2.05, 4.69) is 39.2 Å². The summed E-state index contributed by atoms with van der Waals surface area (Å²) in [6.07, 6.45) is 2.77. The van der Waals surface area contributed by atoms with Gasteiger partial charge in [0.1, 0.15) is 5.69 Å². The molecule has 1 aromatic carbocycles. The van der Waals surface area contributed by atoms with Gasteiger partial charge in [-0.25, -0.2) is 4.52 Å². The Morgan fingerprint density at radius 1 is 1.07 bits per heavy atom. The number of aromatic nitrogens is 2. The first-order chi connectivity index (χ1) is 14.1. The molecule has 0 atom stereocenters. The van der Waals surface area contributed by atoms with Crippen LogP contribution in [0.5, 0.6) is 0 Å². The minimum atomic E-state index is -0.548. The van der Waals surface area contributed by atoms with Crippen molar-refractivity contribution in [3.63, 3.8) is 0 Å². The number of rotatable bonds is 5. The fourth-order valence-corrected chi connectivity index (χ4v) is 4.38. The zero-order chi connectivity index (χ0) is 20.0. The molecule has 1 aliphatic heterocycles. The summed E-state index contributed by atoms with van der Waals surface area (Å²) in [7, 11) is 0. The molecule has 1 amide bonds. The van der Waals surface area contributed by atoms with Gasteiger partial charge >= 0.3 is 0 Å². The summed E-state index contributed by atoms with van der Waals surface area (Å²) in [5.74, 6) is -0.548. The van der Waals surface area contributed by atoms with Crippen molar-refractivity contribution < 1.29 is 4.79 Å². The van der Waals surface area contributed by atoms with Crippen molar-refractivity contribution in [1.82, 2.24) is 19.4 Å². The van der Waals surface area contributed by atoms with Gasteiger partial charge in [-0.1, -0.05) is 35.9 Å². The number of hydrogen-bond acceptors (Lipinski definition) is 4. The van der Waals surface area contributed by atoms with Crippen molar-refractivity contribution in [3.05, 3.63) is 58.7 Å². The van der Waals surface area contributed by atoms with E-state index < -0.39 is 5.91 Å². The van der Waals surface area contributed by atoms with Crippen LogP contribution in [0.3, 0.4) is 0 Å². The first-order valence-corrected chi connectivity index (χ1v) is 10.5. The van der Waals surface area contributed by atoms with Crippen LogP contribution in [0.1, 0.15) is 28.9 Å². The van der Waals surface area contributed by atoms with E-state index in [-0.39, 0.29) is 5.69 Å². The molecule has 0 spiro atoms. The second kappa shape index (κ2) is 7.44. The zero-order valence-corrected chi connectivity index (χ0v) is 17.0. The van der Waals surface area contributed by atoms with E-state index in [1.54, 1.807) is 6.07 Å². The molecule has 1 saturated heterocycles. The molecule has 7 heteroatoms. The average Bonchev–Trinajstić information content (AvgIpc) is 3.53. The Morgan fingerprint density at radius 3 is 2.45 bits per heavy atom. The monoisotopic (exact) mass is 409 g/mol. The fourth-order valence-electron chi connectivity index (χ4n) is 4.14. The van der Waals surface area contributed by atoms with Gasteiger partial charge < -0.3 is 5.73 Å². The van der Waals surface area contributed by atoms with Crippen molar-refractivity contribution in [2.24, 2.45) is 5.73 Å².